The van der Waals surface area contributed by atoms with Gasteiger partial charge >= 0.3 is 5.97 Å². The molecule has 0 unspecified atom stereocenters. The highest BCUT2D eigenvalue weighted by atomic mass is 19.1. The van der Waals surface area contributed by atoms with Crippen LogP contribution in [0.3, 0.4) is 0 Å². The highest BCUT2D eigenvalue weighted by Crippen LogP contribution is 2.56. The number of phenols is 1. The van der Waals surface area contributed by atoms with E-state index in [0.29, 0.717) is 31.3 Å². The molecule has 5 nitrogen and oxygen atoms in total. The van der Waals surface area contributed by atoms with Gasteiger partial charge in [0.05, 0.1) is 23.6 Å². The number of benzene rings is 2. The predicted molar refractivity (Wildman–Crippen MR) is 111 cm³/mol. The molecule has 2 aromatic carbocycles. The Morgan fingerprint density at radius 3 is 2.60 bits per heavy atom. The number of carbonyl (C=O) groups is 1. The van der Waals surface area contributed by atoms with Crippen molar-refractivity contribution in [1.82, 2.24) is 4.57 Å². The van der Waals surface area contributed by atoms with Gasteiger partial charge in [0.15, 0.2) is 0 Å². The Labute approximate surface area is 173 Å². The molecule has 2 N–H and O–H groups in total. The van der Waals surface area contributed by atoms with Crippen molar-refractivity contribution in [3.05, 3.63) is 59.5 Å². The van der Waals surface area contributed by atoms with Crippen LogP contribution in [0, 0.1) is 11.7 Å². The van der Waals surface area contributed by atoms with Crippen LogP contribution >= 0.6 is 0 Å². The summed E-state index contributed by atoms with van der Waals surface area (Å²) in [6, 6.07) is 11.7. The number of halogens is 1. The average molecular weight is 409 g/mol. The number of aromatic nitrogens is 1. The molecule has 2 atom stereocenters. The van der Waals surface area contributed by atoms with Gasteiger partial charge in [0.25, 0.3) is 0 Å². The molecule has 0 amide bonds. The van der Waals surface area contributed by atoms with Crippen LogP contribution < -0.4 is 0 Å². The molecule has 3 aromatic rings. The maximum absolute atomic E-state index is 13.6. The summed E-state index contributed by atoms with van der Waals surface area (Å²) in [5.74, 6) is -1.46. The topological polar surface area (TPSA) is 71.7 Å². The van der Waals surface area contributed by atoms with Crippen LogP contribution in [0.15, 0.2) is 42.5 Å². The Hall–Kier alpha value is -2.86. The van der Waals surface area contributed by atoms with Crippen LogP contribution in [0.2, 0.25) is 0 Å². The lowest BCUT2D eigenvalue weighted by atomic mass is 9.76. The van der Waals surface area contributed by atoms with Gasteiger partial charge in [0.2, 0.25) is 0 Å². The third-order valence-corrected chi connectivity index (χ3v) is 6.68. The molecular formula is C24H24FNO4. The van der Waals surface area contributed by atoms with Crippen LogP contribution in [0.4, 0.5) is 4.39 Å². The molecule has 1 fully saturated rings. The number of rotatable bonds is 2. The molecule has 6 heteroatoms. The number of hydrogen-bond donors (Lipinski definition) is 2. The highest BCUT2D eigenvalue weighted by molar-refractivity contribution is 5.94. The van der Waals surface area contributed by atoms with Crippen LogP contribution in [0.5, 0.6) is 5.75 Å². The number of nitrogens with zero attached hydrogens (tertiary/aromatic N) is 1. The van der Waals surface area contributed by atoms with Gasteiger partial charge in [-0.25, -0.2) is 4.39 Å². The molecule has 0 saturated heterocycles. The van der Waals surface area contributed by atoms with Crippen LogP contribution in [-0.2, 0) is 20.5 Å². The largest absolute Gasteiger partial charge is 0.507 e. The third-order valence-electron chi connectivity index (χ3n) is 6.68. The van der Waals surface area contributed by atoms with E-state index in [9.17, 15) is 19.4 Å². The minimum Gasteiger partial charge on any atom is -0.507 e. The Morgan fingerprint density at radius 1 is 1.20 bits per heavy atom. The molecule has 1 spiro atoms. The monoisotopic (exact) mass is 409 g/mol. The minimum atomic E-state index is -0.812. The summed E-state index contributed by atoms with van der Waals surface area (Å²) in [5.41, 5.74) is 2.33. The zero-order valence-electron chi connectivity index (χ0n) is 17.0. The van der Waals surface area contributed by atoms with Crippen molar-refractivity contribution < 1.29 is 24.1 Å². The van der Waals surface area contributed by atoms with Gasteiger partial charge in [-0.2, -0.15) is 0 Å². The van der Waals surface area contributed by atoms with E-state index in [-0.39, 0.29) is 17.0 Å². The highest BCUT2D eigenvalue weighted by Gasteiger charge is 2.53. The van der Waals surface area contributed by atoms with E-state index in [1.165, 1.54) is 12.1 Å². The Bertz CT molecular complexity index is 1160. The second-order valence-electron chi connectivity index (χ2n) is 9.15. The van der Waals surface area contributed by atoms with Crippen LogP contribution in [-0.4, -0.2) is 27.4 Å². The second kappa shape index (κ2) is 6.32. The maximum atomic E-state index is 13.6. The van der Waals surface area contributed by atoms with Gasteiger partial charge in [-0.15, -0.1) is 0 Å². The smallest absolute Gasteiger partial charge is 0.306 e. The standard InChI is InChI=1S/C24H24FNO4/c1-23(2)13-30-24(11-10-14(12-24)22(28)29)20-19-17(4-3-5-18(19)27)26(21(20)23)16-8-6-15(25)7-9-16/h3-9,14,27H,10-13H2,1-2H3,(H,28,29)/t14-,24-/m0/s1. The van der Waals surface area contributed by atoms with E-state index < -0.39 is 17.5 Å². The Balaban J connectivity index is 1.87. The molecule has 0 radical (unpaired) electrons. The molecule has 0 bridgehead atoms. The molecule has 1 saturated carbocycles. The molecule has 2 heterocycles. The fraction of sp³-hybridized carbons (Fsp3) is 0.375. The van der Waals surface area contributed by atoms with Crippen molar-refractivity contribution in [3.8, 4) is 11.4 Å². The van der Waals surface area contributed by atoms with Gasteiger partial charge in [0.1, 0.15) is 11.6 Å². The molecule has 1 aliphatic heterocycles. The molecule has 2 aliphatic rings. The minimum absolute atomic E-state index is 0.143. The molecule has 1 aliphatic carbocycles. The number of carboxylic acid groups (broad SMARTS) is 1. The average Bonchev–Trinajstić information content (AvgIpc) is 3.28. The summed E-state index contributed by atoms with van der Waals surface area (Å²) in [6.45, 7) is 4.60. The fourth-order valence-corrected chi connectivity index (χ4v) is 5.30. The van der Waals surface area contributed by atoms with Crippen molar-refractivity contribution in [1.29, 1.82) is 0 Å². The van der Waals surface area contributed by atoms with E-state index in [0.717, 1.165) is 22.5 Å². The van der Waals surface area contributed by atoms with Crippen molar-refractivity contribution in [3.63, 3.8) is 0 Å². The van der Waals surface area contributed by atoms with Gasteiger partial charge in [0, 0.05) is 27.7 Å². The molecule has 156 valence electrons. The van der Waals surface area contributed by atoms with E-state index in [1.807, 2.05) is 6.07 Å². The SMILES string of the molecule is CC1(C)CO[C@]2(CC[C@H](C(=O)O)C2)c2c1n(-c1ccc(F)cc1)c1cccc(O)c21. The van der Waals surface area contributed by atoms with Crippen molar-refractivity contribution in [2.45, 2.75) is 44.1 Å². The molecule has 1 aromatic heterocycles. The molecule has 5 rings (SSSR count). The Kier molecular flexibility index (Phi) is 4.03. The maximum Gasteiger partial charge on any atom is 0.306 e. The number of carboxylic acids is 1. The van der Waals surface area contributed by atoms with Gasteiger partial charge in [-0.3, -0.25) is 4.79 Å². The summed E-state index contributed by atoms with van der Waals surface area (Å²) in [6.07, 6.45) is 1.50. The summed E-state index contributed by atoms with van der Waals surface area (Å²) >= 11 is 0. The zero-order valence-corrected chi connectivity index (χ0v) is 17.0. The second-order valence-corrected chi connectivity index (χ2v) is 9.15. The zero-order chi connectivity index (χ0) is 21.3. The third kappa shape index (κ3) is 2.59. The Morgan fingerprint density at radius 2 is 1.93 bits per heavy atom. The van der Waals surface area contributed by atoms with E-state index in [2.05, 4.69) is 18.4 Å². The lowest BCUT2D eigenvalue weighted by Crippen LogP contribution is -2.43. The summed E-state index contributed by atoms with van der Waals surface area (Å²) in [5, 5.41) is 21.2. The first-order chi connectivity index (χ1) is 14.2. The first-order valence-corrected chi connectivity index (χ1v) is 10.2. The quantitative estimate of drug-likeness (QED) is 0.634. The van der Waals surface area contributed by atoms with Gasteiger partial charge in [-0.1, -0.05) is 19.9 Å². The van der Waals surface area contributed by atoms with E-state index >= 15 is 0 Å². The first-order valence-electron chi connectivity index (χ1n) is 10.2. The number of hydrogen-bond acceptors (Lipinski definition) is 3. The van der Waals surface area contributed by atoms with Gasteiger partial charge in [-0.05, 0) is 55.7 Å². The molecule has 30 heavy (non-hydrogen) atoms. The van der Waals surface area contributed by atoms with Gasteiger partial charge < -0.3 is 19.5 Å². The van der Waals surface area contributed by atoms with Crippen LogP contribution in [0.25, 0.3) is 16.6 Å². The number of aliphatic carboxylic acids is 1. The van der Waals surface area contributed by atoms with Crippen molar-refractivity contribution in [2.75, 3.05) is 6.61 Å². The number of fused-ring (bicyclic) bond motifs is 4. The number of phenolic OH excluding ortho intramolecular Hbond substituents is 1. The lowest BCUT2D eigenvalue weighted by molar-refractivity contribution is -0.143. The summed E-state index contributed by atoms with van der Waals surface area (Å²) < 4.78 is 22.1. The summed E-state index contributed by atoms with van der Waals surface area (Å²) in [4.78, 5) is 11.7. The van der Waals surface area contributed by atoms with E-state index in [1.54, 1.807) is 24.3 Å². The fourth-order valence-electron chi connectivity index (χ4n) is 5.30. The van der Waals surface area contributed by atoms with Crippen LogP contribution in [0.1, 0.15) is 44.4 Å². The number of ether oxygens (including phenoxy) is 1. The number of aromatic hydroxyl groups is 1. The molecular weight excluding hydrogens is 385 g/mol. The predicted octanol–water partition coefficient (Wildman–Crippen LogP) is 4.86. The summed E-state index contributed by atoms with van der Waals surface area (Å²) in [7, 11) is 0. The van der Waals surface area contributed by atoms with Crippen molar-refractivity contribution >= 4 is 16.9 Å². The van der Waals surface area contributed by atoms with Crippen molar-refractivity contribution in [2.24, 2.45) is 5.92 Å². The normalized spacial score (nSPS) is 25.0. The lowest BCUT2D eigenvalue weighted by Gasteiger charge is -2.43. The first kappa shape index (κ1) is 19.1. The van der Waals surface area contributed by atoms with E-state index in [4.69, 9.17) is 4.74 Å².